The van der Waals surface area contributed by atoms with Crippen molar-refractivity contribution in [1.29, 1.82) is 0 Å². The second-order valence-corrected chi connectivity index (χ2v) is 7.44. The average molecular weight is 459 g/mol. The van der Waals surface area contributed by atoms with Gasteiger partial charge in [0.1, 0.15) is 11.5 Å². The molecule has 0 unspecified atom stereocenters. The summed E-state index contributed by atoms with van der Waals surface area (Å²) in [5.41, 5.74) is 3.32. The van der Waals surface area contributed by atoms with Crippen molar-refractivity contribution >= 4 is 40.5 Å². The highest BCUT2D eigenvalue weighted by Crippen LogP contribution is 2.21. The number of fused-ring (bicyclic) bond motifs is 1. The zero-order valence-corrected chi connectivity index (χ0v) is 18.2. The Balaban J connectivity index is 1.30. The number of ether oxygens (including phenoxy) is 2. The molecule has 7 heteroatoms. The van der Waals surface area contributed by atoms with Crippen LogP contribution < -0.4 is 14.9 Å². The smallest absolute Gasteiger partial charge is 0.345 e. The van der Waals surface area contributed by atoms with Crippen LogP contribution in [0.25, 0.3) is 10.8 Å². The van der Waals surface area contributed by atoms with Gasteiger partial charge in [0.25, 0.3) is 5.91 Å². The van der Waals surface area contributed by atoms with Crippen LogP contribution in [0.4, 0.5) is 0 Å². The number of hydrogen-bond acceptors (Lipinski definition) is 5. The summed E-state index contributed by atoms with van der Waals surface area (Å²) in [6, 6.07) is 26.9. The Morgan fingerprint density at radius 3 is 2.48 bits per heavy atom. The molecular formula is C26H19ClN2O4. The fourth-order valence-electron chi connectivity index (χ4n) is 3.06. The van der Waals surface area contributed by atoms with E-state index in [9.17, 15) is 9.59 Å². The second kappa shape index (κ2) is 10.4. The van der Waals surface area contributed by atoms with Crippen LogP contribution in [-0.2, 0) is 4.79 Å². The van der Waals surface area contributed by atoms with Crippen LogP contribution in [0.3, 0.4) is 0 Å². The summed E-state index contributed by atoms with van der Waals surface area (Å²) in [7, 11) is 0. The molecule has 4 aromatic carbocycles. The number of carbonyl (C=O) groups excluding carboxylic acids is 2. The van der Waals surface area contributed by atoms with Gasteiger partial charge in [0.15, 0.2) is 6.61 Å². The van der Waals surface area contributed by atoms with Crippen LogP contribution in [0, 0.1) is 0 Å². The Morgan fingerprint density at radius 2 is 1.64 bits per heavy atom. The summed E-state index contributed by atoms with van der Waals surface area (Å²) in [5, 5.41) is 6.37. The molecule has 0 aliphatic carbocycles. The van der Waals surface area contributed by atoms with Crippen molar-refractivity contribution in [2.24, 2.45) is 5.10 Å². The lowest BCUT2D eigenvalue weighted by atomic mass is 10.1. The first-order chi connectivity index (χ1) is 16.1. The standard InChI is InChI=1S/C26H19ClN2O4/c27-24-11-4-3-10-23(24)26(31)33-22-9-5-6-18(14-22)16-28-29-25(30)17-32-21-13-12-19-7-1-2-8-20(19)15-21/h1-16H,17H2,(H,29,30). The average Bonchev–Trinajstić information content (AvgIpc) is 2.83. The molecule has 0 aromatic heterocycles. The van der Waals surface area contributed by atoms with Gasteiger partial charge in [-0.2, -0.15) is 5.10 Å². The lowest BCUT2D eigenvalue weighted by Gasteiger charge is -2.07. The third-order valence-corrected chi connectivity index (χ3v) is 4.99. The molecule has 0 saturated carbocycles. The number of rotatable bonds is 7. The maximum atomic E-state index is 12.3. The molecule has 0 saturated heterocycles. The van der Waals surface area contributed by atoms with Crippen molar-refractivity contribution in [3.05, 3.63) is 107 Å². The van der Waals surface area contributed by atoms with Crippen LogP contribution in [0.15, 0.2) is 96.1 Å². The van der Waals surface area contributed by atoms with E-state index >= 15 is 0 Å². The second-order valence-electron chi connectivity index (χ2n) is 7.03. The quantitative estimate of drug-likeness (QED) is 0.178. The third kappa shape index (κ3) is 5.96. The molecule has 6 nitrogen and oxygen atoms in total. The number of hydrazone groups is 1. The molecule has 4 aromatic rings. The molecule has 0 heterocycles. The van der Waals surface area contributed by atoms with Crippen LogP contribution in [0.5, 0.6) is 11.5 Å². The van der Waals surface area contributed by atoms with Crippen molar-refractivity contribution < 1.29 is 19.1 Å². The summed E-state index contributed by atoms with van der Waals surface area (Å²) in [6.45, 7) is -0.175. The van der Waals surface area contributed by atoms with E-state index in [1.165, 1.54) is 6.21 Å². The minimum absolute atomic E-state index is 0.175. The van der Waals surface area contributed by atoms with E-state index in [-0.39, 0.29) is 12.2 Å². The molecule has 0 bridgehead atoms. The SMILES string of the molecule is O=C(COc1ccc2ccccc2c1)NN=Cc1cccc(OC(=O)c2ccccc2Cl)c1. The van der Waals surface area contributed by atoms with E-state index < -0.39 is 11.9 Å². The molecule has 1 N–H and O–H groups in total. The van der Waals surface area contributed by atoms with Gasteiger partial charge in [0, 0.05) is 0 Å². The first-order valence-electron chi connectivity index (χ1n) is 10.1. The number of nitrogens with one attached hydrogen (secondary N) is 1. The molecule has 0 atom stereocenters. The Bertz CT molecular complexity index is 1340. The minimum Gasteiger partial charge on any atom is -0.484 e. The molecule has 33 heavy (non-hydrogen) atoms. The first kappa shape index (κ1) is 22.0. The van der Waals surface area contributed by atoms with E-state index in [4.69, 9.17) is 21.1 Å². The highest BCUT2D eigenvalue weighted by molar-refractivity contribution is 6.33. The third-order valence-electron chi connectivity index (χ3n) is 4.66. The van der Waals surface area contributed by atoms with Gasteiger partial charge in [0.2, 0.25) is 0 Å². The maximum Gasteiger partial charge on any atom is 0.345 e. The monoisotopic (exact) mass is 458 g/mol. The maximum absolute atomic E-state index is 12.3. The van der Waals surface area contributed by atoms with Gasteiger partial charge in [0.05, 0.1) is 16.8 Å². The minimum atomic E-state index is -0.561. The Kier molecular flexibility index (Phi) is 6.97. The van der Waals surface area contributed by atoms with Gasteiger partial charge in [-0.25, -0.2) is 10.2 Å². The van der Waals surface area contributed by atoms with E-state index in [0.29, 0.717) is 22.1 Å². The van der Waals surface area contributed by atoms with Crippen LogP contribution in [0.2, 0.25) is 5.02 Å². The Labute approximate surface area is 195 Å². The van der Waals surface area contributed by atoms with Crippen molar-refractivity contribution in [2.45, 2.75) is 0 Å². The molecule has 4 rings (SSSR count). The highest BCUT2D eigenvalue weighted by Gasteiger charge is 2.12. The number of esters is 1. The number of halogens is 1. The van der Waals surface area contributed by atoms with Gasteiger partial charge >= 0.3 is 5.97 Å². The molecule has 0 aliphatic rings. The summed E-state index contributed by atoms with van der Waals surface area (Å²) in [5.74, 6) is -0.0368. The van der Waals surface area contributed by atoms with Crippen LogP contribution in [-0.4, -0.2) is 24.7 Å². The number of nitrogens with zero attached hydrogens (tertiary/aromatic N) is 1. The number of carbonyl (C=O) groups is 2. The van der Waals surface area contributed by atoms with Crippen molar-refractivity contribution in [1.82, 2.24) is 5.43 Å². The van der Waals surface area contributed by atoms with E-state index in [0.717, 1.165) is 10.8 Å². The molecule has 0 spiro atoms. The van der Waals surface area contributed by atoms with Crippen molar-refractivity contribution in [2.75, 3.05) is 6.61 Å². The van der Waals surface area contributed by atoms with Gasteiger partial charge in [-0.3, -0.25) is 4.79 Å². The van der Waals surface area contributed by atoms with Gasteiger partial charge in [-0.05, 0) is 52.7 Å². The first-order valence-corrected chi connectivity index (χ1v) is 10.5. The zero-order chi connectivity index (χ0) is 23.0. The summed E-state index contributed by atoms with van der Waals surface area (Å²) in [4.78, 5) is 24.3. The zero-order valence-electron chi connectivity index (χ0n) is 17.4. The van der Waals surface area contributed by atoms with Gasteiger partial charge in [-0.15, -0.1) is 0 Å². The van der Waals surface area contributed by atoms with Crippen LogP contribution >= 0.6 is 11.6 Å². The van der Waals surface area contributed by atoms with Crippen LogP contribution in [0.1, 0.15) is 15.9 Å². The molecule has 0 radical (unpaired) electrons. The van der Waals surface area contributed by atoms with E-state index in [2.05, 4.69) is 10.5 Å². The topological polar surface area (TPSA) is 77.0 Å². The Hall–Kier alpha value is -4.16. The predicted molar refractivity (Wildman–Crippen MR) is 128 cm³/mol. The fraction of sp³-hybridized carbons (Fsp3) is 0.0385. The molecular weight excluding hydrogens is 440 g/mol. The lowest BCUT2D eigenvalue weighted by Crippen LogP contribution is -2.24. The summed E-state index contributed by atoms with van der Waals surface area (Å²) in [6.07, 6.45) is 1.45. The fourth-order valence-corrected chi connectivity index (χ4v) is 3.28. The van der Waals surface area contributed by atoms with Crippen molar-refractivity contribution in [3.8, 4) is 11.5 Å². The van der Waals surface area contributed by atoms with Gasteiger partial charge < -0.3 is 9.47 Å². The Morgan fingerprint density at radius 1 is 0.848 bits per heavy atom. The summed E-state index contributed by atoms with van der Waals surface area (Å²) >= 11 is 6.03. The molecule has 164 valence electrons. The van der Waals surface area contributed by atoms with E-state index in [1.807, 2.05) is 42.5 Å². The van der Waals surface area contributed by atoms with Crippen molar-refractivity contribution in [3.63, 3.8) is 0 Å². The van der Waals surface area contributed by atoms with E-state index in [1.54, 1.807) is 48.5 Å². The number of amides is 1. The molecule has 0 aliphatic heterocycles. The number of hydrogen-bond donors (Lipinski definition) is 1. The predicted octanol–water partition coefficient (Wildman–Crippen LogP) is 5.24. The lowest BCUT2D eigenvalue weighted by molar-refractivity contribution is -0.123. The number of benzene rings is 4. The summed E-state index contributed by atoms with van der Waals surface area (Å²) < 4.78 is 10.9. The van der Waals surface area contributed by atoms with Gasteiger partial charge in [-0.1, -0.05) is 66.2 Å². The highest BCUT2D eigenvalue weighted by atomic mass is 35.5. The molecule has 1 amide bonds. The largest absolute Gasteiger partial charge is 0.484 e. The molecule has 0 fully saturated rings. The normalized spacial score (nSPS) is 10.8.